The quantitative estimate of drug-likeness (QED) is 0.199. The number of likely N-dealkylation sites (tertiary alicyclic amines) is 1. The summed E-state index contributed by atoms with van der Waals surface area (Å²) in [6.07, 6.45) is -0.316. The predicted octanol–water partition coefficient (Wildman–Crippen LogP) is 3.03. The third kappa shape index (κ3) is 5.25. The first-order chi connectivity index (χ1) is 19.8. The van der Waals surface area contributed by atoms with Crippen LogP contribution in [0, 0.1) is 5.41 Å². The number of amides is 3. The molecular formula is C29H29F3N6O3S. The SMILES string of the molecule is C[C@@H](NC(=O)[C@@H]1C[C@](F)(CN)CN1C(=O)CNC(=O)c1ccc2c(c1)-c1ccccc1C2(F)F)c1cc(C(=N)N)cs1. The number of rotatable bonds is 8. The summed E-state index contributed by atoms with van der Waals surface area (Å²) in [7, 11) is 0. The molecule has 7 N–H and O–H groups in total. The zero-order valence-corrected chi connectivity index (χ0v) is 23.4. The number of benzene rings is 2. The molecule has 0 saturated carbocycles. The molecule has 2 aliphatic rings. The summed E-state index contributed by atoms with van der Waals surface area (Å²) >= 11 is 1.30. The molecular weight excluding hydrogens is 569 g/mol. The number of halogens is 3. The average molecular weight is 599 g/mol. The van der Waals surface area contributed by atoms with Gasteiger partial charge in [0, 0.05) is 45.5 Å². The van der Waals surface area contributed by atoms with Gasteiger partial charge in [0.05, 0.1) is 19.1 Å². The Morgan fingerprint density at radius 2 is 1.81 bits per heavy atom. The van der Waals surface area contributed by atoms with Gasteiger partial charge in [-0.2, -0.15) is 8.78 Å². The fourth-order valence-corrected chi connectivity index (χ4v) is 6.28. The second-order valence-corrected chi connectivity index (χ2v) is 11.5. The summed E-state index contributed by atoms with van der Waals surface area (Å²) in [6, 6.07) is 9.86. The maximum Gasteiger partial charge on any atom is 0.299 e. The van der Waals surface area contributed by atoms with E-state index in [1.165, 1.54) is 41.7 Å². The van der Waals surface area contributed by atoms with E-state index in [0.29, 0.717) is 11.1 Å². The van der Waals surface area contributed by atoms with E-state index in [4.69, 9.17) is 16.9 Å². The van der Waals surface area contributed by atoms with Crippen LogP contribution in [0.1, 0.15) is 51.3 Å². The van der Waals surface area contributed by atoms with Crippen LogP contribution < -0.4 is 22.1 Å². The van der Waals surface area contributed by atoms with E-state index in [-0.39, 0.29) is 34.5 Å². The first kappa shape index (κ1) is 29.3. The lowest BCUT2D eigenvalue weighted by molar-refractivity contribution is -0.138. The maximum atomic E-state index is 15.3. The zero-order chi connectivity index (χ0) is 30.4. The number of thiophene rings is 1. The number of hydrogen-bond donors (Lipinski definition) is 5. The molecule has 220 valence electrons. The minimum absolute atomic E-state index is 0.0706. The van der Waals surface area contributed by atoms with Crippen LogP contribution in [0.4, 0.5) is 13.2 Å². The lowest BCUT2D eigenvalue weighted by Gasteiger charge is -2.25. The van der Waals surface area contributed by atoms with Crippen molar-refractivity contribution in [2.45, 2.75) is 37.0 Å². The topological polar surface area (TPSA) is 154 Å². The van der Waals surface area contributed by atoms with Gasteiger partial charge in [0.1, 0.15) is 17.5 Å². The Balaban J connectivity index is 1.27. The van der Waals surface area contributed by atoms with Gasteiger partial charge >= 0.3 is 0 Å². The molecule has 0 unspecified atom stereocenters. The first-order valence-corrected chi connectivity index (χ1v) is 14.0. The molecule has 3 atom stereocenters. The smallest absolute Gasteiger partial charge is 0.299 e. The average Bonchev–Trinajstić information content (AvgIpc) is 3.66. The summed E-state index contributed by atoms with van der Waals surface area (Å²) in [4.78, 5) is 41.0. The van der Waals surface area contributed by atoms with Gasteiger partial charge in [-0.3, -0.25) is 19.8 Å². The number of amidine groups is 1. The van der Waals surface area contributed by atoms with Crippen LogP contribution >= 0.6 is 11.3 Å². The Kier molecular flexibility index (Phi) is 7.58. The lowest BCUT2D eigenvalue weighted by Crippen LogP contribution is -2.49. The number of nitrogen functional groups attached to an aromatic ring is 1. The number of nitrogens with zero attached hydrogens (tertiary/aromatic N) is 1. The van der Waals surface area contributed by atoms with E-state index in [2.05, 4.69) is 10.6 Å². The van der Waals surface area contributed by atoms with E-state index in [1.54, 1.807) is 30.5 Å². The van der Waals surface area contributed by atoms with Gasteiger partial charge in [-0.25, -0.2) is 4.39 Å². The molecule has 1 aliphatic heterocycles. The van der Waals surface area contributed by atoms with Crippen molar-refractivity contribution in [3.05, 3.63) is 81.0 Å². The molecule has 3 aromatic rings. The maximum absolute atomic E-state index is 15.3. The number of fused-ring (bicyclic) bond motifs is 3. The fourth-order valence-electron chi connectivity index (χ4n) is 5.36. The highest BCUT2D eigenvalue weighted by Gasteiger charge is 2.49. The van der Waals surface area contributed by atoms with Crippen molar-refractivity contribution < 1.29 is 27.6 Å². The molecule has 1 saturated heterocycles. The molecule has 0 spiro atoms. The molecule has 2 aromatic carbocycles. The first-order valence-electron chi connectivity index (χ1n) is 13.2. The fraction of sp³-hybridized carbons (Fsp3) is 0.310. The number of hydrogen-bond acceptors (Lipinski definition) is 6. The zero-order valence-electron chi connectivity index (χ0n) is 22.5. The van der Waals surface area contributed by atoms with Gasteiger partial charge in [-0.15, -0.1) is 11.3 Å². The van der Waals surface area contributed by atoms with Crippen molar-refractivity contribution in [1.29, 1.82) is 5.41 Å². The van der Waals surface area contributed by atoms with Crippen LogP contribution in [0.25, 0.3) is 11.1 Å². The van der Waals surface area contributed by atoms with Crippen LogP contribution in [-0.4, -0.2) is 59.8 Å². The highest BCUT2D eigenvalue weighted by Crippen LogP contribution is 2.50. The number of carbonyl (C=O) groups excluding carboxylic acids is 3. The van der Waals surface area contributed by atoms with Crippen molar-refractivity contribution in [1.82, 2.24) is 15.5 Å². The van der Waals surface area contributed by atoms with E-state index in [9.17, 15) is 23.2 Å². The molecule has 5 rings (SSSR count). The van der Waals surface area contributed by atoms with E-state index >= 15 is 4.39 Å². The Morgan fingerprint density at radius 1 is 1.10 bits per heavy atom. The van der Waals surface area contributed by atoms with Crippen molar-refractivity contribution in [2.75, 3.05) is 19.6 Å². The standard InChI is InChI=1S/C29H29F3N6O3S/c1-15(23-9-17(12-42-23)25(34)35)37-27(41)22-10-28(30,13-33)14-38(22)24(39)11-36-26(40)16-6-7-21-19(8-16)18-4-2-3-5-20(18)29(21,31)32/h2-9,12,15,22H,10-11,13-14,33H2,1H3,(H3,34,35)(H,36,40)(H,37,41)/t15-,22+,28+/m1/s1. The number of alkyl halides is 3. The third-order valence-electron chi connectivity index (χ3n) is 7.67. The van der Waals surface area contributed by atoms with Crippen LogP contribution in [0.5, 0.6) is 0 Å². The summed E-state index contributed by atoms with van der Waals surface area (Å²) in [6.45, 7) is 0.334. The largest absolute Gasteiger partial charge is 0.384 e. The third-order valence-corrected chi connectivity index (χ3v) is 8.79. The van der Waals surface area contributed by atoms with E-state index in [0.717, 1.165) is 9.78 Å². The normalized spacial score (nSPS) is 20.9. The Bertz CT molecular complexity index is 1590. The molecule has 0 radical (unpaired) electrons. The van der Waals surface area contributed by atoms with Crippen LogP contribution in [0.3, 0.4) is 0 Å². The minimum Gasteiger partial charge on any atom is -0.384 e. The summed E-state index contributed by atoms with van der Waals surface area (Å²) in [5, 5.41) is 14.5. The molecule has 1 fully saturated rings. The summed E-state index contributed by atoms with van der Waals surface area (Å²) in [5.74, 6) is -5.28. The van der Waals surface area contributed by atoms with Crippen LogP contribution in [-0.2, 0) is 15.5 Å². The number of nitrogens with one attached hydrogen (secondary N) is 3. The molecule has 1 aliphatic carbocycles. The Labute approximate surface area is 243 Å². The van der Waals surface area contributed by atoms with E-state index < -0.39 is 61.0 Å². The van der Waals surface area contributed by atoms with Crippen molar-refractivity contribution >= 4 is 34.9 Å². The number of carbonyl (C=O) groups is 3. The highest BCUT2D eigenvalue weighted by atomic mass is 32.1. The summed E-state index contributed by atoms with van der Waals surface area (Å²) < 4.78 is 45.0. The minimum atomic E-state index is -3.19. The second kappa shape index (κ2) is 10.9. The summed E-state index contributed by atoms with van der Waals surface area (Å²) in [5.41, 5.74) is 9.91. The van der Waals surface area contributed by atoms with Gasteiger partial charge in [0.15, 0.2) is 0 Å². The molecule has 0 bridgehead atoms. The number of nitrogens with two attached hydrogens (primary N) is 2. The Morgan fingerprint density at radius 3 is 2.50 bits per heavy atom. The lowest BCUT2D eigenvalue weighted by atomic mass is 10.0. The van der Waals surface area contributed by atoms with Gasteiger partial charge in [-0.05, 0) is 36.2 Å². The molecule has 1 aromatic heterocycles. The molecule has 42 heavy (non-hydrogen) atoms. The highest BCUT2D eigenvalue weighted by molar-refractivity contribution is 7.10. The monoisotopic (exact) mass is 598 g/mol. The molecule has 13 heteroatoms. The van der Waals surface area contributed by atoms with Gasteiger partial charge in [0.2, 0.25) is 11.8 Å². The molecule has 9 nitrogen and oxygen atoms in total. The van der Waals surface area contributed by atoms with Gasteiger partial charge in [-0.1, -0.05) is 30.3 Å². The Hall–Kier alpha value is -4.23. The molecule has 2 heterocycles. The van der Waals surface area contributed by atoms with Gasteiger partial charge in [0.25, 0.3) is 11.8 Å². The van der Waals surface area contributed by atoms with Crippen molar-refractivity contribution in [2.24, 2.45) is 11.5 Å². The van der Waals surface area contributed by atoms with Crippen molar-refractivity contribution in [3.8, 4) is 11.1 Å². The predicted molar refractivity (Wildman–Crippen MR) is 152 cm³/mol. The van der Waals surface area contributed by atoms with Crippen molar-refractivity contribution in [3.63, 3.8) is 0 Å². The van der Waals surface area contributed by atoms with E-state index in [1.807, 2.05) is 0 Å². The van der Waals surface area contributed by atoms with Crippen LogP contribution in [0.2, 0.25) is 0 Å². The molecule has 3 amide bonds. The van der Waals surface area contributed by atoms with Gasteiger partial charge < -0.3 is 27.0 Å². The second-order valence-electron chi connectivity index (χ2n) is 10.5. The van der Waals surface area contributed by atoms with Crippen LogP contribution in [0.15, 0.2) is 53.9 Å².